The topological polar surface area (TPSA) is 73.6 Å². The summed E-state index contributed by atoms with van der Waals surface area (Å²) in [5.41, 5.74) is 5.77. The van der Waals surface area contributed by atoms with Gasteiger partial charge in [-0.15, -0.1) is 0 Å². The highest BCUT2D eigenvalue weighted by molar-refractivity contribution is 5.94. The van der Waals surface area contributed by atoms with E-state index >= 15 is 0 Å². The quantitative estimate of drug-likeness (QED) is 0.722. The lowest BCUT2D eigenvalue weighted by atomic mass is 10.1. The van der Waals surface area contributed by atoms with Crippen molar-refractivity contribution in [2.24, 2.45) is 5.73 Å². The van der Waals surface area contributed by atoms with E-state index in [1.165, 1.54) is 13.2 Å². The van der Waals surface area contributed by atoms with Crippen molar-refractivity contribution in [3.8, 4) is 5.75 Å². The summed E-state index contributed by atoms with van der Waals surface area (Å²) in [6.45, 7) is -2.64. The molecule has 0 bridgehead atoms. The number of rotatable bonds is 8. The molecule has 8 heteroatoms. The Kier molecular flexibility index (Phi) is 6.97. The highest BCUT2D eigenvalue weighted by Crippen LogP contribution is 2.22. The van der Waals surface area contributed by atoms with Crippen LogP contribution in [0, 0.1) is 5.82 Å². The van der Waals surface area contributed by atoms with E-state index in [1.807, 2.05) is 0 Å². The number of alkyl halides is 2. The van der Waals surface area contributed by atoms with Gasteiger partial charge in [0.1, 0.15) is 0 Å². The van der Waals surface area contributed by atoms with Crippen LogP contribution in [0.15, 0.2) is 18.2 Å². The number of carbonyl (C=O) groups excluding carboxylic acids is 1. The Balaban J connectivity index is 2.58. The smallest absolute Gasteiger partial charge is 0.387 e. The molecular weight excluding hydrogens is 289 g/mol. The molecule has 0 saturated heterocycles. The van der Waals surface area contributed by atoms with E-state index in [1.54, 1.807) is 0 Å². The molecular formula is C13H17F3N2O3. The Morgan fingerprint density at radius 2 is 2.14 bits per heavy atom. The molecule has 0 heterocycles. The summed E-state index contributed by atoms with van der Waals surface area (Å²) in [7, 11) is 1.54. The SMILES string of the molecule is COCCCC(N)C(=O)Nc1ccc(OC(F)F)c(F)c1. The second-order valence-electron chi connectivity index (χ2n) is 4.25. The van der Waals surface area contributed by atoms with Crippen molar-refractivity contribution >= 4 is 11.6 Å². The van der Waals surface area contributed by atoms with Crippen molar-refractivity contribution in [1.82, 2.24) is 0 Å². The van der Waals surface area contributed by atoms with Gasteiger partial charge in [-0.2, -0.15) is 8.78 Å². The Morgan fingerprint density at radius 3 is 2.71 bits per heavy atom. The molecule has 21 heavy (non-hydrogen) atoms. The van der Waals surface area contributed by atoms with Crippen molar-refractivity contribution in [2.45, 2.75) is 25.5 Å². The van der Waals surface area contributed by atoms with Gasteiger partial charge in [0, 0.05) is 25.5 Å². The van der Waals surface area contributed by atoms with Gasteiger partial charge in [0.05, 0.1) is 6.04 Å². The number of nitrogens with one attached hydrogen (secondary N) is 1. The lowest BCUT2D eigenvalue weighted by molar-refractivity contribution is -0.117. The van der Waals surface area contributed by atoms with Gasteiger partial charge in [-0.25, -0.2) is 4.39 Å². The van der Waals surface area contributed by atoms with Gasteiger partial charge in [0.2, 0.25) is 5.91 Å². The van der Waals surface area contributed by atoms with Gasteiger partial charge in [0.25, 0.3) is 0 Å². The number of hydrogen-bond donors (Lipinski definition) is 2. The monoisotopic (exact) mass is 306 g/mol. The Labute approximate surface area is 120 Å². The molecule has 0 aromatic heterocycles. The van der Waals surface area contributed by atoms with Gasteiger partial charge in [-0.3, -0.25) is 4.79 Å². The first kappa shape index (κ1) is 17.3. The standard InChI is InChI=1S/C13H17F3N2O3/c1-20-6-2-3-10(17)12(19)18-8-4-5-11(9(14)7-8)21-13(15)16/h4-5,7,10,13H,2-3,6,17H2,1H3,(H,18,19). The highest BCUT2D eigenvalue weighted by Gasteiger charge is 2.15. The van der Waals surface area contributed by atoms with Gasteiger partial charge in [-0.05, 0) is 25.0 Å². The van der Waals surface area contributed by atoms with Crippen LogP contribution in [0.5, 0.6) is 5.75 Å². The number of methoxy groups -OCH3 is 1. The number of anilines is 1. The summed E-state index contributed by atoms with van der Waals surface area (Å²) >= 11 is 0. The maximum absolute atomic E-state index is 13.5. The summed E-state index contributed by atoms with van der Waals surface area (Å²) in [6.07, 6.45) is 1.02. The van der Waals surface area contributed by atoms with Gasteiger partial charge < -0.3 is 20.5 Å². The molecule has 0 aliphatic carbocycles. The molecule has 0 spiro atoms. The van der Waals surface area contributed by atoms with Crippen LogP contribution in [-0.4, -0.2) is 32.3 Å². The van der Waals surface area contributed by atoms with E-state index in [4.69, 9.17) is 10.5 Å². The lowest BCUT2D eigenvalue weighted by Crippen LogP contribution is -2.35. The van der Waals surface area contributed by atoms with Crippen LogP contribution in [0.25, 0.3) is 0 Å². The third kappa shape index (κ3) is 6.01. The van der Waals surface area contributed by atoms with Crippen LogP contribution in [0.1, 0.15) is 12.8 Å². The Morgan fingerprint density at radius 1 is 1.43 bits per heavy atom. The molecule has 0 fully saturated rings. The summed E-state index contributed by atoms with van der Waals surface area (Å²) in [4.78, 5) is 11.7. The summed E-state index contributed by atoms with van der Waals surface area (Å²) < 4.78 is 46.2. The fourth-order valence-electron chi connectivity index (χ4n) is 1.58. The summed E-state index contributed by atoms with van der Waals surface area (Å²) in [5.74, 6) is -2.08. The van der Waals surface area contributed by atoms with Gasteiger partial charge >= 0.3 is 6.61 Å². The third-order valence-corrected chi connectivity index (χ3v) is 2.62. The second kappa shape index (κ2) is 8.48. The van der Waals surface area contributed by atoms with E-state index < -0.39 is 30.1 Å². The maximum atomic E-state index is 13.5. The minimum Gasteiger partial charge on any atom is -0.432 e. The number of carbonyl (C=O) groups is 1. The first-order chi connectivity index (χ1) is 9.93. The van der Waals surface area contributed by atoms with Crippen LogP contribution in [0.2, 0.25) is 0 Å². The lowest BCUT2D eigenvalue weighted by Gasteiger charge is -2.13. The van der Waals surface area contributed by atoms with Crippen molar-refractivity contribution in [2.75, 3.05) is 19.0 Å². The van der Waals surface area contributed by atoms with Crippen LogP contribution in [0.4, 0.5) is 18.9 Å². The van der Waals surface area contributed by atoms with Gasteiger partial charge in [0.15, 0.2) is 11.6 Å². The number of nitrogens with two attached hydrogens (primary N) is 1. The number of hydrogen-bond acceptors (Lipinski definition) is 4. The molecule has 1 atom stereocenters. The van der Waals surface area contributed by atoms with E-state index in [0.29, 0.717) is 19.4 Å². The summed E-state index contributed by atoms with van der Waals surface area (Å²) in [5, 5.41) is 2.40. The van der Waals surface area contributed by atoms with Crippen LogP contribution < -0.4 is 15.8 Å². The molecule has 5 nitrogen and oxygen atoms in total. The van der Waals surface area contributed by atoms with Crippen molar-refractivity contribution in [3.63, 3.8) is 0 Å². The molecule has 1 aromatic rings. The fraction of sp³-hybridized carbons (Fsp3) is 0.462. The zero-order valence-corrected chi connectivity index (χ0v) is 11.4. The van der Waals surface area contributed by atoms with E-state index in [9.17, 15) is 18.0 Å². The Bertz CT molecular complexity index is 472. The fourth-order valence-corrected chi connectivity index (χ4v) is 1.58. The van der Waals surface area contributed by atoms with E-state index in [-0.39, 0.29) is 5.69 Å². The Hall–Kier alpha value is -1.80. The largest absolute Gasteiger partial charge is 0.432 e. The highest BCUT2D eigenvalue weighted by atomic mass is 19.3. The van der Waals surface area contributed by atoms with Crippen molar-refractivity contribution < 1.29 is 27.4 Å². The van der Waals surface area contributed by atoms with Crippen molar-refractivity contribution in [3.05, 3.63) is 24.0 Å². The molecule has 1 rings (SSSR count). The van der Waals surface area contributed by atoms with Crippen LogP contribution >= 0.6 is 0 Å². The number of amides is 1. The molecule has 0 saturated carbocycles. The van der Waals surface area contributed by atoms with E-state index in [0.717, 1.165) is 12.1 Å². The predicted molar refractivity (Wildman–Crippen MR) is 70.7 cm³/mol. The first-order valence-electron chi connectivity index (χ1n) is 6.23. The summed E-state index contributed by atoms with van der Waals surface area (Å²) in [6, 6.07) is 2.38. The van der Waals surface area contributed by atoms with Crippen LogP contribution in [0.3, 0.4) is 0 Å². The number of halogens is 3. The average molecular weight is 306 g/mol. The minimum atomic E-state index is -3.12. The maximum Gasteiger partial charge on any atom is 0.387 e. The number of benzene rings is 1. The molecule has 1 unspecified atom stereocenters. The van der Waals surface area contributed by atoms with Gasteiger partial charge in [-0.1, -0.05) is 0 Å². The zero-order chi connectivity index (χ0) is 15.8. The number of ether oxygens (including phenoxy) is 2. The molecule has 1 amide bonds. The van der Waals surface area contributed by atoms with E-state index in [2.05, 4.69) is 10.1 Å². The second-order valence-corrected chi connectivity index (χ2v) is 4.25. The average Bonchev–Trinajstić information content (AvgIpc) is 2.41. The molecule has 1 aromatic carbocycles. The zero-order valence-electron chi connectivity index (χ0n) is 11.4. The molecule has 0 aliphatic rings. The molecule has 3 N–H and O–H groups in total. The third-order valence-electron chi connectivity index (χ3n) is 2.62. The predicted octanol–water partition coefficient (Wildman–Crippen LogP) is 2.12. The molecule has 118 valence electrons. The van der Waals surface area contributed by atoms with Crippen molar-refractivity contribution in [1.29, 1.82) is 0 Å². The normalized spacial score (nSPS) is 12.3. The molecule has 0 aliphatic heterocycles. The molecule has 0 radical (unpaired) electrons. The minimum absolute atomic E-state index is 0.112. The first-order valence-corrected chi connectivity index (χ1v) is 6.23. The van der Waals surface area contributed by atoms with Crippen LogP contribution in [-0.2, 0) is 9.53 Å².